The highest BCUT2D eigenvalue weighted by Gasteiger charge is 2.73. The van der Waals surface area contributed by atoms with E-state index in [1.807, 2.05) is 21.1 Å². The number of unbranched alkanes of at least 4 members (excludes halogenated alkanes) is 32. The van der Waals surface area contributed by atoms with Crippen molar-refractivity contribution in [3.05, 3.63) is 12.2 Å². The normalized spacial score (nSPS) is 12.9. The van der Waals surface area contributed by atoms with Gasteiger partial charge in [0.25, 0.3) is 7.82 Å². The molecule has 0 saturated heterocycles. The Hall–Kier alpha value is -2.70. The Morgan fingerprint density at radius 1 is 0.278 bits per heavy atom. The second-order valence-electron chi connectivity index (χ2n) is 35.5. The van der Waals surface area contributed by atoms with Crippen LogP contribution < -0.4 is 4.89 Å². The number of methoxy groups -OCH3 is 1. The summed E-state index contributed by atoms with van der Waals surface area (Å²) in [5.74, 6) is -12.3. The van der Waals surface area contributed by atoms with Gasteiger partial charge in [-0.25, -0.2) is 0 Å². The van der Waals surface area contributed by atoms with E-state index in [4.69, 9.17) is 127 Å². The average Bonchev–Trinajstić information content (AvgIpc) is 0.779. The average molecular weight is 2130 g/mol. The zero-order chi connectivity index (χ0) is 105. The van der Waals surface area contributed by atoms with Crippen LogP contribution in [0.3, 0.4) is 0 Å². The van der Waals surface area contributed by atoms with E-state index in [0.717, 1.165) is 89.9 Å². The molecule has 0 heterocycles. The first-order valence-corrected chi connectivity index (χ1v) is 55.5. The Labute approximate surface area is 861 Å². The molecule has 0 N–H and O–H groups in total. The van der Waals surface area contributed by atoms with Crippen LogP contribution in [0.5, 0.6) is 0 Å². The van der Waals surface area contributed by atoms with Crippen LogP contribution in [-0.2, 0) is 146 Å². The molecule has 144 heavy (non-hydrogen) atoms. The van der Waals surface area contributed by atoms with Crippen molar-refractivity contribution in [2.45, 2.75) is 282 Å². The van der Waals surface area contributed by atoms with Gasteiger partial charge in [-0.05, 0) is 51.4 Å². The van der Waals surface area contributed by atoms with E-state index in [1.165, 1.54) is 122 Å². The van der Waals surface area contributed by atoms with Crippen molar-refractivity contribution >= 4 is 19.8 Å². The van der Waals surface area contributed by atoms with E-state index in [2.05, 4.69) is 30.7 Å². The smallest absolute Gasteiger partial charge is 0.459 e. The molecule has 0 aliphatic rings. The molecule has 0 bridgehead atoms. The predicted octanol–water partition coefficient (Wildman–Crippen LogP) is 17.9. The van der Waals surface area contributed by atoms with Crippen LogP contribution in [0, 0.1) is 0 Å². The number of quaternary nitrogens is 1. The molecule has 0 rings (SSSR count). The Balaban J connectivity index is 0. The van der Waals surface area contributed by atoms with Gasteiger partial charge in [0.15, 0.2) is 6.10 Å². The summed E-state index contributed by atoms with van der Waals surface area (Å²) < 4.78 is 252. The Morgan fingerprint density at radius 2 is 0.500 bits per heavy atom. The molecule has 0 fully saturated rings. The van der Waals surface area contributed by atoms with Crippen LogP contribution in [0.2, 0.25) is 0 Å². The minimum Gasteiger partial charge on any atom is -0.756 e. The van der Waals surface area contributed by atoms with E-state index >= 15 is 0 Å². The van der Waals surface area contributed by atoms with Gasteiger partial charge in [-0.2, -0.15) is 30.7 Å². The Kier molecular flexibility index (Phi) is 112. The second-order valence-corrected chi connectivity index (χ2v) is 37.0. The fourth-order valence-electron chi connectivity index (χ4n) is 13.1. The van der Waals surface area contributed by atoms with Gasteiger partial charge in [0.1, 0.15) is 26.4 Å². The van der Waals surface area contributed by atoms with Crippen LogP contribution in [0.15, 0.2) is 12.2 Å². The van der Waals surface area contributed by atoms with Gasteiger partial charge in [0.2, 0.25) is 0 Å². The third kappa shape index (κ3) is 113. The summed E-state index contributed by atoms with van der Waals surface area (Å²) in [7, 11) is 2.81. The van der Waals surface area contributed by atoms with Crippen LogP contribution in [0.4, 0.5) is 30.7 Å². The number of halogens is 7. The molecule has 0 aromatic heterocycles. The van der Waals surface area contributed by atoms with Crippen molar-refractivity contribution < 1.29 is 186 Å². The monoisotopic (exact) mass is 2130 g/mol. The number of likely N-dealkylation sites (N-methyl/N-ethyl adjacent to an activating group) is 1. The molecule has 0 spiro atoms. The summed E-state index contributed by atoms with van der Waals surface area (Å²) >= 11 is 0. The number of nitrogens with zero attached hydrogens (tertiary/aromatic N) is 1. The number of alkyl halides is 7. The van der Waals surface area contributed by atoms with Gasteiger partial charge in [-0.3, -0.25) is 14.2 Å². The zero-order valence-electron chi connectivity index (χ0n) is 89.8. The number of carbonyl (C=O) groups is 2. The predicted molar refractivity (Wildman–Crippen MR) is 536 cm³/mol. The lowest BCUT2D eigenvalue weighted by atomic mass is 10.0. The van der Waals surface area contributed by atoms with Crippen LogP contribution >= 0.6 is 7.82 Å². The molecule has 862 valence electrons. The topological polar surface area (TPSA) is 333 Å². The summed E-state index contributed by atoms with van der Waals surface area (Å²) in [4.78, 5) is 37.5. The first-order valence-electron chi connectivity index (χ1n) is 54.0. The number of hydrogen-bond donors (Lipinski definition) is 0. The minimum absolute atomic E-state index is 0.0289. The van der Waals surface area contributed by atoms with Gasteiger partial charge in [0, 0.05) is 33.2 Å². The third-order valence-electron chi connectivity index (χ3n) is 21.5. The number of phosphoric acid groups is 1. The molecule has 0 radical (unpaired) electrons. The van der Waals surface area contributed by atoms with E-state index < -0.39 is 51.1 Å². The summed E-state index contributed by atoms with van der Waals surface area (Å²) in [6.07, 6.45) is 38.1. The molecule has 2 unspecified atom stereocenters. The van der Waals surface area contributed by atoms with Gasteiger partial charge >= 0.3 is 30.0 Å². The summed E-state index contributed by atoms with van der Waals surface area (Å²) in [5.41, 5.74) is 0. The molecule has 0 aliphatic heterocycles. The van der Waals surface area contributed by atoms with Crippen molar-refractivity contribution in [2.24, 2.45) is 0 Å². The second kappa shape index (κ2) is 113. The summed E-state index contributed by atoms with van der Waals surface area (Å²) in [6.45, 7) is 23.7. The molecule has 33 nitrogen and oxygen atoms in total. The van der Waals surface area contributed by atoms with Gasteiger partial charge in [-0.15, -0.1) is 0 Å². The largest absolute Gasteiger partial charge is 0.756 e. The molecule has 2 atom stereocenters. The lowest BCUT2D eigenvalue weighted by Crippen LogP contribution is -2.54. The number of phosphoric ester groups is 1. The van der Waals surface area contributed by atoms with Crippen LogP contribution in [0.25, 0.3) is 0 Å². The van der Waals surface area contributed by atoms with Crippen LogP contribution in [-0.4, -0.2) is 406 Å². The highest BCUT2D eigenvalue weighted by atomic mass is 31.2. The molecule has 0 saturated carbocycles. The maximum absolute atomic E-state index is 13.2. The van der Waals surface area contributed by atoms with E-state index in [9.17, 15) is 49.8 Å². The molecular weight excluding hydrogens is 1930 g/mol. The molecule has 0 aromatic rings. The number of allylic oxidation sites excluding steroid dienone is 2. The zero-order valence-corrected chi connectivity index (χ0v) is 90.7. The maximum atomic E-state index is 13.2. The van der Waals surface area contributed by atoms with Crippen LogP contribution in [0.1, 0.15) is 258 Å². The van der Waals surface area contributed by atoms with Crippen molar-refractivity contribution in [1.29, 1.82) is 0 Å². The molecular formula is C103H199F7NO32P. The van der Waals surface area contributed by atoms with Gasteiger partial charge < -0.3 is 142 Å². The van der Waals surface area contributed by atoms with Crippen molar-refractivity contribution in [1.82, 2.24) is 0 Å². The van der Waals surface area contributed by atoms with E-state index in [0.29, 0.717) is 328 Å². The van der Waals surface area contributed by atoms with Crippen molar-refractivity contribution in [3.8, 4) is 0 Å². The quantitative estimate of drug-likeness (QED) is 0.0136. The highest BCUT2D eigenvalue weighted by molar-refractivity contribution is 7.45. The lowest BCUT2D eigenvalue weighted by Gasteiger charge is -2.28. The molecule has 41 heteroatoms. The molecule has 0 amide bonds. The number of ether oxygens (including phenoxy) is 26. The standard InChI is InChI=1S/C59H113F7O24.C44H86NO8P/c1-67-12-13-69-16-17-71-20-21-73-24-25-75-28-29-77-32-33-79-36-37-81-40-41-83-44-45-85-48-49-87-52-53-89-55-54-88-51-50-86-47-46-84-43-42-82-39-38-80-35-34-78-31-30-76-27-26-74-23-22-72-19-18-70-15-14-68-10-8-6-4-2-3-5-7-9-11-90-56-57(60,61)58(62,63)59(64,65)66;1-6-8-10-12-14-16-18-20-22-24-26-28-30-32-34-36-43(46)50-40-42(41-52-54(48,49)51-39-38-45(3,4)5)53-44(47)37-35-33-31-29-27-25-23-21-19-17-15-13-11-9-7-2/h2-56H2,1H3;20,22,42H,6-19,21,23-41H2,1-5H3/b;22-20-. The van der Waals surface area contributed by atoms with Gasteiger partial charge in [-0.1, -0.05) is 206 Å². The fourth-order valence-corrected chi connectivity index (χ4v) is 13.8. The first-order chi connectivity index (χ1) is 70.0. The minimum atomic E-state index is -6.34. The maximum Gasteiger partial charge on any atom is 0.459 e. The van der Waals surface area contributed by atoms with Crippen molar-refractivity contribution in [3.63, 3.8) is 0 Å². The number of esters is 2. The van der Waals surface area contributed by atoms with Crippen molar-refractivity contribution in [2.75, 3.05) is 365 Å². The summed E-state index contributed by atoms with van der Waals surface area (Å²) in [5, 5.41) is 0. The van der Waals surface area contributed by atoms with E-state index in [1.54, 1.807) is 7.11 Å². The first kappa shape index (κ1) is 143. The SMILES string of the molecule is CCCCCCCC/C=C\CCCCCCCC(=O)OCC(COP(=O)([O-])OCC[N+](C)(C)C)OC(=O)CCCCCCCCCCCCCCCCC.COCCOCCOCCOCCOCCOCCOCCOCCOCCOCCOCCOCCOCCOCCOCCOCCOCCOCCOCCOCCOCCOCCOCCCCCCCCCCOCC(F)(F)C(F)(F)C(F)(F)F. The fraction of sp³-hybridized carbons (Fsp3) is 0.961. The molecule has 0 aromatic carbocycles. The highest BCUT2D eigenvalue weighted by Crippen LogP contribution is 2.46. The lowest BCUT2D eigenvalue weighted by molar-refractivity contribution is -0.870. The number of carbonyl (C=O) groups excluding carboxylic acids is 2. The summed E-state index contributed by atoms with van der Waals surface area (Å²) in [6, 6.07) is 0. The number of rotatable bonds is 121. The third-order valence-corrected chi connectivity index (χ3v) is 22.4. The van der Waals surface area contributed by atoms with Gasteiger partial charge in [0.05, 0.1) is 318 Å². The Morgan fingerprint density at radius 3 is 0.750 bits per heavy atom. The van der Waals surface area contributed by atoms with E-state index in [-0.39, 0.29) is 38.6 Å². The number of hydrogen-bond acceptors (Lipinski definition) is 32. The molecule has 0 aliphatic carbocycles. The Bertz CT molecular complexity index is 2660.